The molecule has 1 fully saturated rings. The molecule has 0 saturated carbocycles. The Balaban J connectivity index is 1.52. The van der Waals surface area contributed by atoms with Crippen molar-refractivity contribution in [3.63, 3.8) is 0 Å². The summed E-state index contributed by atoms with van der Waals surface area (Å²) in [6, 6.07) is 16.7. The average molecular weight is 536 g/mol. The number of amides is 1. The number of piperazine rings is 1. The van der Waals surface area contributed by atoms with Crippen LogP contribution in [0.5, 0.6) is 0 Å². The van der Waals surface area contributed by atoms with Crippen LogP contribution in [0, 0.1) is 11.6 Å². The van der Waals surface area contributed by atoms with Crippen LogP contribution in [0.3, 0.4) is 0 Å². The lowest BCUT2D eigenvalue weighted by Gasteiger charge is -2.35. The Hall–Kier alpha value is -2.82. The van der Waals surface area contributed by atoms with Gasteiger partial charge in [-0.25, -0.2) is 17.2 Å². The van der Waals surface area contributed by atoms with Crippen molar-refractivity contribution < 1.29 is 22.0 Å². The standard InChI is InChI=1S/C23H20BrF2N3O3S/c24-16-6-9-22(21(26)14-16)27-23(30)19-15-18(7-8-20(19)25)33(31,32)29-12-10-28(11-13-29)17-4-2-1-3-5-17/h1-9,14-15H,10-13H2,(H,27,30). The molecule has 1 amide bonds. The highest BCUT2D eigenvalue weighted by Gasteiger charge is 2.30. The van der Waals surface area contributed by atoms with E-state index < -0.39 is 33.1 Å². The number of carbonyl (C=O) groups excluding carboxylic acids is 1. The number of nitrogens with one attached hydrogen (secondary N) is 1. The number of benzene rings is 3. The van der Waals surface area contributed by atoms with Gasteiger partial charge in [-0.05, 0) is 48.5 Å². The molecule has 10 heteroatoms. The van der Waals surface area contributed by atoms with Gasteiger partial charge in [0.25, 0.3) is 5.91 Å². The van der Waals surface area contributed by atoms with Crippen molar-refractivity contribution in [2.24, 2.45) is 0 Å². The highest BCUT2D eigenvalue weighted by Crippen LogP contribution is 2.24. The number of nitrogens with zero attached hydrogens (tertiary/aromatic N) is 2. The van der Waals surface area contributed by atoms with E-state index in [0.717, 1.165) is 30.0 Å². The molecule has 0 atom stereocenters. The molecule has 1 saturated heterocycles. The van der Waals surface area contributed by atoms with E-state index in [1.54, 1.807) is 0 Å². The molecule has 172 valence electrons. The second-order valence-corrected chi connectivity index (χ2v) is 10.3. The Morgan fingerprint density at radius 1 is 0.879 bits per heavy atom. The van der Waals surface area contributed by atoms with Crippen LogP contribution in [-0.2, 0) is 10.0 Å². The number of hydrogen-bond donors (Lipinski definition) is 1. The zero-order chi connectivity index (χ0) is 23.6. The first-order valence-corrected chi connectivity index (χ1v) is 12.3. The molecule has 0 aliphatic carbocycles. The van der Waals surface area contributed by atoms with Crippen LogP contribution in [0.15, 0.2) is 76.1 Å². The summed E-state index contributed by atoms with van der Waals surface area (Å²) in [6.07, 6.45) is 0. The summed E-state index contributed by atoms with van der Waals surface area (Å²) in [5.41, 5.74) is 0.379. The topological polar surface area (TPSA) is 69.7 Å². The van der Waals surface area contributed by atoms with Crippen molar-refractivity contribution in [2.45, 2.75) is 4.90 Å². The van der Waals surface area contributed by atoms with Gasteiger partial charge in [0.15, 0.2) is 0 Å². The maximum atomic E-state index is 14.4. The molecule has 6 nitrogen and oxygen atoms in total. The zero-order valence-corrected chi connectivity index (χ0v) is 19.7. The number of hydrogen-bond acceptors (Lipinski definition) is 4. The summed E-state index contributed by atoms with van der Waals surface area (Å²) in [6.45, 7) is 1.50. The monoisotopic (exact) mass is 535 g/mol. The Bertz CT molecular complexity index is 1280. The quantitative estimate of drug-likeness (QED) is 0.522. The van der Waals surface area contributed by atoms with E-state index in [2.05, 4.69) is 26.1 Å². The fraction of sp³-hybridized carbons (Fsp3) is 0.174. The predicted molar refractivity (Wildman–Crippen MR) is 126 cm³/mol. The van der Waals surface area contributed by atoms with E-state index in [9.17, 15) is 22.0 Å². The van der Waals surface area contributed by atoms with Crippen LogP contribution in [-0.4, -0.2) is 44.8 Å². The first kappa shape index (κ1) is 23.3. The second kappa shape index (κ2) is 9.58. The molecule has 0 unspecified atom stereocenters. The van der Waals surface area contributed by atoms with Gasteiger partial charge in [-0.3, -0.25) is 4.79 Å². The molecule has 33 heavy (non-hydrogen) atoms. The molecular weight excluding hydrogens is 516 g/mol. The van der Waals surface area contributed by atoms with Crippen LogP contribution in [0.2, 0.25) is 0 Å². The van der Waals surface area contributed by atoms with Crippen molar-refractivity contribution in [2.75, 3.05) is 36.4 Å². The van der Waals surface area contributed by atoms with Crippen molar-refractivity contribution in [3.8, 4) is 0 Å². The lowest BCUT2D eigenvalue weighted by atomic mass is 10.2. The summed E-state index contributed by atoms with van der Waals surface area (Å²) in [5, 5.41) is 2.29. The molecular formula is C23H20BrF2N3O3S. The van der Waals surface area contributed by atoms with E-state index in [4.69, 9.17) is 0 Å². The molecule has 0 spiro atoms. The fourth-order valence-corrected chi connectivity index (χ4v) is 5.38. The van der Waals surface area contributed by atoms with Gasteiger partial charge in [-0.2, -0.15) is 4.31 Å². The molecule has 1 N–H and O–H groups in total. The minimum absolute atomic E-state index is 0.145. The van der Waals surface area contributed by atoms with E-state index in [-0.39, 0.29) is 23.7 Å². The van der Waals surface area contributed by atoms with Gasteiger partial charge in [0.1, 0.15) is 11.6 Å². The Morgan fingerprint density at radius 2 is 1.58 bits per heavy atom. The van der Waals surface area contributed by atoms with E-state index in [1.807, 2.05) is 30.3 Å². The fourth-order valence-electron chi connectivity index (χ4n) is 3.59. The van der Waals surface area contributed by atoms with Gasteiger partial charge < -0.3 is 10.2 Å². The first-order valence-electron chi connectivity index (χ1n) is 10.1. The third-order valence-electron chi connectivity index (χ3n) is 5.36. The molecule has 0 aromatic heterocycles. The smallest absolute Gasteiger partial charge is 0.258 e. The minimum Gasteiger partial charge on any atom is -0.369 e. The summed E-state index contributed by atoms with van der Waals surface area (Å²) in [7, 11) is -3.95. The molecule has 4 rings (SSSR count). The van der Waals surface area contributed by atoms with Crippen molar-refractivity contribution >= 4 is 43.2 Å². The average Bonchev–Trinajstić information content (AvgIpc) is 2.81. The maximum absolute atomic E-state index is 14.4. The lowest BCUT2D eigenvalue weighted by Crippen LogP contribution is -2.48. The third kappa shape index (κ3) is 5.07. The normalized spacial score (nSPS) is 14.8. The Kier molecular flexibility index (Phi) is 6.78. The highest BCUT2D eigenvalue weighted by molar-refractivity contribution is 9.10. The maximum Gasteiger partial charge on any atom is 0.258 e. The number of halogens is 3. The van der Waals surface area contributed by atoms with E-state index >= 15 is 0 Å². The van der Waals surface area contributed by atoms with Crippen LogP contribution in [0.4, 0.5) is 20.2 Å². The lowest BCUT2D eigenvalue weighted by molar-refractivity contribution is 0.102. The van der Waals surface area contributed by atoms with Gasteiger partial charge in [-0.1, -0.05) is 34.1 Å². The van der Waals surface area contributed by atoms with Crippen molar-refractivity contribution in [1.82, 2.24) is 4.31 Å². The van der Waals surface area contributed by atoms with E-state index in [0.29, 0.717) is 17.6 Å². The SMILES string of the molecule is O=C(Nc1ccc(Br)cc1F)c1cc(S(=O)(=O)N2CCN(c3ccccc3)CC2)ccc1F. The Labute approximate surface area is 199 Å². The molecule has 1 aliphatic heterocycles. The van der Waals surface area contributed by atoms with Crippen LogP contribution in [0.1, 0.15) is 10.4 Å². The van der Waals surface area contributed by atoms with Gasteiger partial charge in [0, 0.05) is 36.3 Å². The highest BCUT2D eigenvalue weighted by atomic mass is 79.9. The van der Waals surface area contributed by atoms with Crippen molar-refractivity contribution in [1.29, 1.82) is 0 Å². The second-order valence-electron chi connectivity index (χ2n) is 7.45. The Morgan fingerprint density at radius 3 is 2.24 bits per heavy atom. The summed E-state index contributed by atoms with van der Waals surface area (Å²) in [5.74, 6) is -2.56. The summed E-state index contributed by atoms with van der Waals surface area (Å²) >= 11 is 3.12. The van der Waals surface area contributed by atoms with Crippen LogP contribution < -0.4 is 10.2 Å². The summed E-state index contributed by atoms with van der Waals surface area (Å²) in [4.78, 5) is 14.5. The number of para-hydroxylation sites is 1. The van der Waals surface area contributed by atoms with Crippen LogP contribution in [0.25, 0.3) is 0 Å². The third-order valence-corrected chi connectivity index (χ3v) is 7.75. The molecule has 3 aromatic rings. The summed E-state index contributed by atoms with van der Waals surface area (Å²) < 4.78 is 56.5. The van der Waals surface area contributed by atoms with Crippen molar-refractivity contribution in [3.05, 3.63) is 88.4 Å². The molecule has 1 heterocycles. The molecule has 1 aliphatic rings. The van der Waals surface area contributed by atoms with Gasteiger partial charge in [0.2, 0.25) is 10.0 Å². The largest absolute Gasteiger partial charge is 0.369 e. The minimum atomic E-state index is -3.95. The molecule has 0 radical (unpaired) electrons. The molecule has 3 aromatic carbocycles. The zero-order valence-electron chi connectivity index (χ0n) is 17.3. The van der Waals surface area contributed by atoms with Crippen LogP contribution >= 0.6 is 15.9 Å². The number of anilines is 2. The van der Waals surface area contributed by atoms with Gasteiger partial charge in [0.05, 0.1) is 16.1 Å². The predicted octanol–water partition coefficient (Wildman–Crippen LogP) is 4.49. The van der Waals surface area contributed by atoms with Gasteiger partial charge >= 0.3 is 0 Å². The number of carbonyl (C=O) groups is 1. The van der Waals surface area contributed by atoms with Gasteiger partial charge in [-0.15, -0.1) is 0 Å². The molecule has 0 bridgehead atoms. The first-order chi connectivity index (χ1) is 15.8. The number of sulfonamides is 1. The van der Waals surface area contributed by atoms with E-state index in [1.165, 1.54) is 16.4 Å². The number of rotatable bonds is 5.